The van der Waals surface area contributed by atoms with E-state index in [1.165, 1.54) is 33.5 Å². The van der Waals surface area contributed by atoms with E-state index < -0.39 is 22.9 Å². The second kappa shape index (κ2) is 11.8. The molecule has 0 bridgehead atoms. The van der Waals surface area contributed by atoms with Crippen molar-refractivity contribution >= 4 is 22.9 Å². The summed E-state index contributed by atoms with van der Waals surface area (Å²) in [6, 6.07) is 14.3. The van der Waals surface area contributed by atoms with Gasteiger partial charge in [-0.05, 0) is 59.9 Å². The van der Waals surface area contributed by atoms with E-state index >= 15 is 0 Å². The molecule has 3 aromatic rings. The van der Waals surface area contributed by atoms with Crippen molar-refractivity contribution in [1.29, 1.82) is 0 Å². The summed E-state index contributed by atoms with van der Waals surface area (Å²) in [6.45, 7) is 1.85. The van der Waals surface area contributed by atoms with Gasteiger partial charge in [-0.1, -0.05) is 42.1 Å². The molecule has 1 heterocycles. The van der Waals surface area contributed by atoms with E-state index in [1.54, 1.807) is 0 Å². The maximum atomic E-state index is 14.0. The number of hydrogen-bond donors (Lipinski definition) is 2. The van der Waals surface area contributed by atoms with Crippen molar-refractivity contribution in [2.24, 2.45) is 0 Å². The number of halogens is 2. The number of nitrogens with one attached hydrogen (secondary N) is 2. The minimum atomic E-state index is -0.927. The zero-order valence-electron chi connectivity index (χ0n) is 21.3. The van der Waals surface area contributed by atoms with Crippen LogP contribution in [-0.2, 0) is 11.2 Å². The van der Waals surface area contributed by atoms with Crippen molar-refractivity contribution in [3.8, 4) is 17.2 Å². The van der Waals surface area contributed by atoms with E-state index in [2.05, 4.69) is 10.6 Å². The standard InChI is InChI=1S/C28H28F2N2O5S/c1-15(17-8-9-20(29)21(30)12-17)31-25(19-13-22(35-2)26(37-4)23(14-19)36-3)18-7-5-6-16(10-18)11-24-27(33)32-28(34)38-24/h5-10,12-15,24-25,31H,11H2,1-4H3,(H,32,33,34). The van der Waals surface area contributed by atoms with E-state index in [1.807, 2.05) is 43.3 Å². The molecule has 7 nitrogen and oxygen atoms in total. The highest BCUT2D eigenvalue weighted by Crippen LogP contribution is 2.41. The predicted octanol–water partition coefficient (Wildman–Crippen LogP) is 5.32. The van der Waals surface area contributed by atoms with Crippen molar-refractivity contribution in [3.05, 3.63) is 88.5 Å². The molecule has 1 aliphatic heterocycles. The van der Waals surface area contributed by atoms with Crippen LogP contribution in [0.1, 0.15) is 41.3 Å². The van der Waals surface area contributed by atoms with Gasteiger partial charge in [0.2, 0.25) is 11.7 Å². The van der Waals surface area contributed by atoms with Gasteiger partial charge in [-0.25, -0.2) is 8.78 Å². The zero-order valence-corrected chi connectivity index (χ0v) is 22.2. The maximum Gasteiger partial charge on any atom is 0.286 e. The molecule has 0 spiro atoms. The Bertz CT molecular complexity index is 1330. The van der Waals surface area contributed by atoms with Crippen LogP contribution in [-0.4, -0.2) is 37.7 Å². The van der Waals surface area contributed by atoms with Crippen LogP contribution in [0.2, 0.25) is 0 Å². The summed E-state index contributed by atoms with van der Waals surface area (Å²) in [5, 5.41) is 4.96. The smallest absolute Gasteiger partial charge is 0.286 e. The van der Waals surface area contributed by atoms with Gasteiger partial charge in [0.05, 0.1) is 32.6 Å². The summed E-state index contributed by atoms with van der Waals surface area (Å²) in [7, 11) is 4.58. The number of methoxy groups -OCH3 is 3. The Kier molecular flexibility index (Phi) is 8.53. The molecule has 200 valence electrons. The minimum absolute atomic E-state index is 0.309. The van der Waals surface area contributed by atoms with Crippen LogP contribution < -0.4 is 24.8 Å². The number of amides is 2. The fraction of sp³-hybridized carbons (Fsp3) is 0.286. The lowest BCUT2D eigenvalue weighted by Gasteiger charge is -2.26. The largest absolute Gasteiger partial charge is 0.493 e. The number of benzene rings is 3. The van der Waals surface area contributed by atoms with Crippen molar-refractivity contribution < 1.29 is 32.6 Å². The third-order valence-corrected chi connectivity index (χ3v) is 7.33. The average molecular weight is 543 g/mol. The van der Waals surface area contributed by atoms with Gasteiger partial charge in [-0.2, -0.15) is 0 Å². The first kappa shape index (κ1) is 27.4. The van der Waals surface area contributed by atoms with Gasteiger partial charge in [0.15, 0.2) is 23.1 Å². The first-order valence-electron chi connectivity index (χ1n) is 11.8. The first-order chi connectivity index (χ1) is 18.2. The molecule has 3 aromatic carbocycles. The van der Waals surface area contributed by atoms with Crippen LogP contribution in [0.5, 0.6) is 17.2 Å². The number of carbonyl (C=O) groups is 2. The summed E-state index contributed by atoms with van der Waals surface area (Å²) in [5.74, 6) is -0.789. The number of carbonyl (C=O) groups excluding carboxylic acids is 2. The average Bonchev–Trinajstić information content (AvgIpc) is 3.23. The molecule has 2 N–H and O–H groups in total. The van der Waals surface area contributed by atoms with Crippen LogP contribution in [0, 0.1) is 11.6 Å². The molecule has 3 atom stereocenters. The number of hydrogen-bond acceptors (Lipinski definition) is 7. The van der Waals surface area contributed by atoms with Gasteiger partial charge in [0, 0.05) is 6.04 Å². The lowest BCUT2D eigenvalue weighted by atomic mass is 9.93. The fourth-order valence-corrected chi connectivity index (χ4v) is 5.28. The highest BCUT2D eigenvalue weighted by Gasteiger charge is 2.32. The van der Waals surface area contributed by atoms with E-state index in [0.29, 0.717) is 29.2 Å². The quantitative estimate of drug-likeness (QED) is 0.358. The summed E-state index contributed by atoms with van der Waals surface area (Å²) < 4.78 is 44.2. The Hall–Kier alpha value is -3.63. The SMILES string of the molecule is COc1cc(C(NC(C)c2ccc(F)c(F)c2)c2cccc(CC3SC(=O)NC3=O)c2)cc(OC)c1OC. The lowest BCUT2D eigenvalue weighted by Crippen LogP contribution is -2.27. The Labute approximate surface area is 223 Å². The van der Waals surface area contributed by atoms with Crippen molar-refractivity contribution in [3.63, 3.8) is 0 Å². The second-order valence-electron chi connectivity index (χ2n) is 8.79. The molecular formula is C28H28F2N2O5S. The second-order valence-corrected chi connectivity index (χ2v) is 9.96. The summed E-state index contributed by atoms with van der Waals surface area (Å²) >= 11 is 0.975. The Morgan fingerprint density at radius 3 is 2.18 bits per heavy atom. The molecule has 3 unspecified atom stereocenters. The number of ether oxygens (including phenoxy) is 3. The lowest BCUT2D eigenvalue weighted by molar-refractivity contribution is -0.118. The molecule has 38 heavy (non-hydrogen) atoms. The monoisotopic (exact) mass is 542 g/mol. The van der Waals surface area contributed by atoms with Crippen LogP contribution in [0.4, 0.5) is 13.6 Å². The van der Waals surface area contributed by atoms with Gasteiger partial charge in [0.1, 0.15) is 0 Å². The third kappa shape index (κ3) is 5.92. The fourth-order valence-electron chi connectivity index (χ4n) is 4.42. The Morgan fingerprint density at radius 2 is 1.61 bits per heavy atom. The third-order valence-electron chi connectivity index (χ3n) is 6.35. The molecule has 4 rings (SSSR count). The first-order valence-corrected chi connectivity index (χ1v) is 12.7. The molecular weight excluding hydrogens is 514 g/mol. The van der Waals surface area contributed by atoms with Crippen LogP contribution in [0.15, 0.2) is 54.6 Å². The predicted molar refractivity (Wildman–Crippen MR) is 141 cm³/mol. The van der Waals surface area contributed by atoms with Gasteiger partial charge in [-0.15, -0.1) is 0 Å². The van der Waals surface area contributed by atoms with E-state index in [4.69, 9.17) is 14.2 Å². The number of thioether (sulfide) groups is 1. The molecule has 0 aromatic heterocycles. The summed E-state index contributed by atoms with van der Waals surface area (Å²) in [5.41, 5.74) is 3.05. The topological polar surface area (TPSA) is 85.9 Å². The molecule has 0 aliphatic carbocycles. The maximum absolute atomic E-state index is 14.0. The molecule has 0 saturated carbocycles. The normalized spacial score (nSPS) is 16.6. The van der Waals surface area contributed by atoms with Crippen molar-refractivity contribution in [2.45, 2.75) is 30.7 Å². The molecule has 1 fully saturated rings. The zero-order chi connectivity index (χ0) is 27.4. The summed E-state index contributed by atoms with van der Waals surface area (Å²) in [6.07, 6.45) is 0.372. The molecule has 0 radical (unpaired) electrons. The van der Waals surface area contributed by atoms with Gasteiger partial charge in [0.25, 0.3) is 5.24 Å². The van der Waals surface area contributed by atoms with E-state index in [9.17, 15) is 18.4 Å². The number of imide groups is 1. The van der Waals surface area contributed by atoms with Gasteiger partial charge < -0.3 is 14.2 Å². The van der Waals surface area contributed by atoms with Gasteiger partial charge >= 0.3 is 0 Å². The highest BCUT2D eigenvalue weighted by molar-refractivity contribution is 8.15. The molecule has 2 amide bonds. The molecule has 1 saturated heterocycles. The highest BCUT2D eigenvalue weighted by atomic mass is 32.2. The number of rotatable bonds is 10. The van der Waals surface area contributed by atoms with Crippen molar-refractivity contribution in [1.82, 2.24) is 10.6 Å². The van der Waals surface area contributed by atoms with Crippen molar-refractivity contribution in [2.75, 3.05) is 21.3 Å². The van der Waals surface area contributed by atoms with E-state index in [-0.39, 0.29) is 17.2 Å². The van der Waals surface area contributed by atoms with Crippen LogP contribution in [0.25, 0.3) is 0 Å². The minimum Gasteiger partial charge on any atom is -0.493 e. The van der Waals surface area contributed by atoms with Crippen LogP contribution in [0.3, 0.4) is 0 Å². The molecule has 10 heteroatoms. The molecule has 1 aliphatic rings. The Morgan fingerprint density at radius 1 is 0.895 bits per heavy atom. The van der Waals surface area contributed by atoms with Gasteiger partial charge in [-0.3, -0.25) is 20.2 Å². The van der Waals surface area contributed by atoms with Crippen LogP contribution >= 0.6 is 11.8 Å². The van der Waals surface area contributed by atoms with E-state index in [0.717, 1.165) is 34.5 Å². The summed E-state index contributed by atoms with van der Waals surface area (Å²) in [4.78, 5) is 23.7. The Balaban J connectivity index is 1.75.